The number of nitrogens with zero attached hydrogens (tertiary/aromatic N) is 8. The molecule has 10 rings (SSSR count). The lowest BCUT2D eigenvalue weighted by Gasteiger charge is -2.20. The van der Waals surface area contributed by atoms with E-state index in [1.165, 1.54) is 31.4 Å². The fraction of sp³-hybridized carbons (Fsp3) is 0.123. The van der Waals surface area contributed by atoms with Crippen molar-refractivity contribution in [3.63, 3.8) is 0 Å². The summed E-state index contributed by atoms with van der Waals surface area (Å²) in [5, 5.41) is 109. The van der Waals surface area contributed by atoms with Gasteiger partial charge in [0, 0.05) is 50.5 Å². The molecule has 0 amide bonds. The Bertz CT molecular complexity index is 4990. The highest BCUT2D eigenvalue weighted by Gasteiger charge is 2.27. The first-order valence-electron chi connectivity index (χ1n) is 26.3. The van der Waals surface area contributed by atoms with Crippen LogP contribution in [0.4, 0.5) is 45.5 Å². The second-order valence-corrected chi connectivity index (χ2v) is 25.5. The van der Waals surface area contributed by atoms with Crippen LogP contribution in [0.3, 0.4) is 0 Å². The summed E-state index contributed by atoms with van der Waals surface area (Å²) in [4.78, 5) is -1.59. The lowest BCUT2D eigenvalue weighted by Crippen LogP contribution is -2.17. The van der Waals surface area contributed by atoms with E-state index in [1.54, 1.807) is 86.6 Å². The molecule has 9 aromatic rings. The monoisotopic (exact) mass is 1350 g/mol. The van der Waals surface area contributed by atoms with E-state index < -0.39 is 74.2 Å². The van der Waals surface area contributed by atoms with Gasteiger partial charge < -0.3 is 35.2 Å². The van der Waals surface area contributed by atoms with Crippen molar-refractivity contribution in [1.82, 2.24) is 0 Å². The molecular formula is C57H47N9O21S5. The van der Waals surface area contributed by atoms with Gasteiger partial charge in [0.25, 0.3) is 30.4 Å². The number of rotatable bonds is 23. The van der Waals surface area contributed by atoms with E-state index in [4.69, 9.17) is 24.3 Å². The topological polar surface area (TPSA) is 451 Å². The van der Waals surface area contributed by atoms with Crippen LogP contribution in [0.15, 0.2) is 210 Å². The van der Waals surface area contributed by atoms with Crippen LogP contribution in [-0.2, 0) is 53.8 Å². The summed E-state index contributed by atoms with van der Waals surface area (Å²) in [7, 11) is -13.7. The Labute approximate surface area is 528 Å². The zero-order valence-electron chi connectivity index (χ0n) is 47.3. The van der Waals surface area contributed by atoms with Crippen molar-refractivity contribution >= 4 is 143 Å². The van der Waals surface area contributed by atoms with Gasteiger partial charge in [-0.1, -0.05) is 35.2 Å². The minimum absolute atomic E-state index is 0.000620. The largest absolute Gasteiger partial charge is 0.507 e. The Hall–Kier alpha value is -9.15. The van der Waals surface area contributed by atoms with Gasteiger partial charge in [0.1, 0.15) is 51.5 Å². The second kappa shape index (κ2) is 27.4. The molecule has 0 fully saturated rings. The number of ether oxygens (including phenoxy) is 2. The molecule has 0 aliphatic heterocycles. The number of aromatic hydroxyl groups is 3. The number of phenolic OH excluding ortho intramolecular Hbond substituents is 3. The second-order valence-electron chi connectivity index (χ2n) is 19.8. The maximum absolute atomic E-state index is 13.0. The van der Waals surface area contributed by atoms with E-state index in [2.05, 4.69) is 60.6 Å². The van der Waals surface area contributed by atoms with Crippen LogP contribution in [0.1, 0.15) is 12.5 Å². The molecule has 10 N–H and O–H groups in total. The first-order valence-corrected chi connectivity index (χ1v) is 32.1. The van der Waals surface area contributed by atoms with E-state index in [1.807, 2.05) is 6.07 Å². The lowest BCUT2D eigenvalue weighted by atomic mass is 9.95. The molecule has 30 nitrogen and oxygen atoms in total. The average molecular weight is 1350 g/mol. The number of fused-ring (bicyclic) bond motifs is 4. The number of azo groups is 4. The SMILES string of the molecule is COC1=CC(N=Nc2cc(S(=O)(=O)O)cc3cc(S(=O)(=O)O)cc(O)c23)C(C)C=C1N=Nc1c(S(=O)(=O)O)cc2cc(Nc3ccc4c(O)c(N=Nc5cc(C)c(N=Nc6cccc7cc(SOOO)ccc67)cc5OCCO)c(SOOO)cc4c3)ccc2c1O. The summed E-state index contributed by atoms with van der Waals surface area (Å²) >= 11 is 1.30. The third-order valence-electron chi connectivity index (χ3n) is 13.8. The summed E-state index contributed by atoms with van der Waals surface area (Å²) in [5.41, 5.74) is 1.38. The summed E-state index contributed by atoms with van der Waals surface area (Å²) in [6, 6.07) is 28.2. The molecule has 0 saturated heterocycles. The molecule has 0 aromatic heterocycles. The van der Waals surface area contributed by atoms with Crippen LogP contribution in [0.25, 0.3) is 43.1 Å². The third kappa shape index (κ3) is 14.6. The lowest BCUT2D eigenvalue weighted by molar-refractivity contribution is -0.432. The van der Waals surface area contributed by atoms with Crippen LogP contribution < -0.4 is 10.1 Å². The molecule has 1 aliphatic rings. The van der Waals surface area contributed by atoms with Crippen LogP contribution in [-0.4, -0.2) is 96.2 Å². The summed E-state index contributed by atoms with van der Waals surface area (Å²) < 4.78 is 125. The molecule has 35 heteroatoms. The molecule has 0 bridgehead atoms. The fourth-order valence-corrected chi connectivity index (χ4v) is 12.2. The van der Waals surface area contributed by atoms with Gasteiger partial charge in [-0.2, -0.15) is 40.6 Å². The average Bonchev–Trinajstić information content (AvgIpc) is 0.802. The Kier molecular flexibility index (Phi) is 19.6. The van der Waals surface area contributed by atoms with Crippen LogP contribution in [0, 0.1) is 12.8 Å². The Morgan fingerprint density at radius 2 is 1.21 bits per heavy atom. The van der Waals surface area contributed by atoms with E-state index >= 15 is 0 Å². The Morgan fingerprint density at radius 3 is 1.87 bits per heavy atom. The molecule has 0 spiro atoms. The minimum atomic E-state index is -5.13. The number of benzene rings is 9. The highest BCUT2D eigenvalue weighted by atomic mass is 32.2. The first-order chi connectivity index (χ1) is 43.8. The van der Waals surface area contributed by atoms with Crippen LogP contribution in [0.2, 0.25) is 0 Å². The van der Waals surface area contributed by atoms with Gasteiger partial charge in [-0.05, 0) is 137 Å². The van der Waals surface area contributed by atoms with Gasteiger partial charge >= 0.3 is 0 Å². The maximum atomic E-state index is 13.0. The normalized spacial score (nSPS) is 15.1. The Morgan fingerprint density at radius 1 is 0.576 bits per heavy atom. The number of anilines is 2. The van der Waals surface area contributed by atoms with Gasteiger partial charge in [-0.15, -0.1) is 34.2 Å². The number of methoxy groups -OCH3 is 1. The van der Waals surface area contributed by atoms with Crippen molar-refractivity contribution in [2.75, 3.05) is 25.6 Å². The van der Waals surface area contributed by atoms with E-state index in [9.17, 15) is 59.3 Å². The molecular weight excluding hydrogens is 1310 g/mol. The predicted octanol–water partition coefficient (Wildman–Crippen LogP) is 14.6. The molecule has 2 atom stereocenters. The van der Waals surface area contributed by atoms with Crippen molar-refractivity contribution < 1.29 is 98.1 Å². The predicted molar refractivity (Wildman–Crippen MR) is 332 cm³/mol. The molecule has 0 heterocycles. The number of phenols is 3. The van der Waals surface area contributed by atoms with Gasteiger partial charge in [0.2, 0.25) is 0 Å². The van der Waals surface area contributed by atoms with Gasteiger partial charge in [-0.3, -0.25) is 13.7 Å². The number of aliphatic hydroxyl groups excluding tert-OH is 1. The van der Waals surface area contributed by atoms with Gasteiger partial charge in [-0.25, -0.2) is 10.5 Å². The molecule has 92 heavy (non-hydrogen) atoms. The highest BCUT2D eigenvalue weighted by molar-refractivity contribution is 7.95. The maximum Gasteiger partial charge on any atom is 0.296 e. The number of hydrogen-bond donors (Lipinski definition) is 10. The first kappa shape index (κ1) is 65.8. The van der Waals surface area contributed by atoms with Crippen LogP contribution >= 0.6 is 24.1 Å². The molecule has 0 saturated carbocycles. The summed E-state index contributed by atoms with van der Waals surface area (Å²) in [5.74, 6) is -2.26. The number of aryl methyl sites for hydroxylation is 1. The molecule has 0 radical (unpaired) electrons. The zero-order chi connectivity index (χ0) is 65.8. The van der Waals surface area contributed by atoms with Crippen molar-refractivity contribution in [2.45, 2.75) is 44.4 Å². The summed E-state index contributed by atoms with van der Waals surface area (Å²) in [6.45, 7) is 2.92. The number of aliphatic hydroxyl groups is 1. The van der Waals surface area contributed by atoms with E-state index in [0.717, 1.165) is 47.1 Å². The number of nitrogens with one attached hydrogen (secondary N) is 1. The molecule has 2 unspecified atom stereocenters. The van der Waals surface area contributed by atoms with Gasteiger partial charge in [0.05, 0.1) is 81.0 Å². The molecule has 1 aliphatic carbocycles. The number of hydrogen-bond acceptors (Lipinski definition) is 29. The fourth-order valence-electron chi connectivity index (χ4n) is 9.54. The summed E-state index contributed by atoms with van der Waals surface area (Å²) in [6.07, 6.45) is 2.90. The standard InChI is InChI=1S/C57H47N9O21S5/c1-28-15-45(49(82-3)26-43(28)61-64-47-24-37(90(73,74)75)20-33-21-38(91(76,77)78)25-48(68)53(33)47)62-66-55-52(92(79,80)81)23-32-18-35(8-11-41(32)57(55)70)58-34-7-10-40-31(17-34)22-51(89-87-85-72)54(56(40)69)65-63-46-16-29(2)44(27-50(46)83-14-13-67)60-59-42-6-4-5-30-19-36(88-86-84-71)9-12-39(30)42/h4-12,15-28,43,58,67-72H,13-14H2,1-3H3,(H,73,74,75)(H,76,77,78)(H,79,80,81). The van der Waals surface area contributed by atoms with E-state index in [0.29, 0.717) is 56.7 Å². The van der Waals surface area contributed by atoms with E-state index in [-0.39, 0.29) is 85.1 Å². The third-order valence-corrected chi connectivity index (χ3v) is 17.5. The highest BCUT2D eigenvalue weighted by Crippen LogP contribution is 2.48. The van der Waals surface area contributed by atoms with Crippen molar-refractivity contribution in [3.05, 3.63) is 150 Å². The van der Waals surface area contributed by atoms with Gasteiger partial charge in [0.15, 0.2) is 11.5 Å². The molecule has 9 aromatic carbocycles. The van der Waals surface area contributed by atoms with Crippen molar-refractivity contribution in [2.24, 2.45) is 46.8 Å². The quantitative estimate of drug-likeness (QED) is 0.00934. The zero-order valence-corrected chi connectivity index (χ0v) is 51.4. The van der Waals surface area contributed by atoms with Crippen molar-refractivity contribution in [3.8, 4) is 23.0 Å². The van der Waals surface area contributed by atoms with Crippen molar-refractivity contribution in [1.29, 1.82) is 0 Å². The Balaban J connectivity index is 0.898. The smallest absolute Gasteiger partial charge is 0.296 e. The molecule has 476 valence electrons. The minimum Gasteiger partial charge on any atom is -0.507 e. The van der Waals surface area contributed by atoms with Crippen LogP contribution in [0.5, 0.6) is 23.0 Å².